The Hall–Kier alpha value is -5.42. The third-order valence-electron chi connectivity index (χ3n) is 7.83. The highest BCUT2D eigenvalue weighted by Gasteiger charge is 2.29. The summed E-state index contributed by atoms with van der Waals surface area (Å²) in [5.41, 5.74) is 10.5. The molecule has 5 aromatic rings. The second-order valence-electron chi connectivity index (χ2n) is 11.1. The van der Waals surface area contributed by atoms with Crippen molar-refractivity contribution in [2.45, 2.75) is 50.4 Å². The number of H-pyrrole nitrogens is 2. The Morgan fingerprint density at radius 1 is 0.667 bits per heavy atom. The smallest absolute Gasteiger partial charge is 0.326 e. The van der Waals surface area contributed by atoms with Crippen LogP contribution in [0.25, 0.3) is 21.8 Å². The van der Waals surface area contributed by atoms with Crippen LogP contribution < -0.4 is 21.7 Å². The van der Waals surface area contributed by atoms with Gasteiger partial charge in [-0.3, -0.25) is 14.4 Å². The number of rotatable bonds is 13. The number of aromatic amines is 2. The summed E-state index contributed by atoms with van der Waals surface area (Å²) in [7, 11) is 0. The van der Waals surface area contributed by atoms with Crippen LogP contribution >= 0.6 is 0 Å². The van der Waals surface area contributed by atoms with Gasteiger partial charge in [-0.05, 0) is 42.2 Å². The van der Waals surface area contributed by atoms with Gasteiger partial charge in [-0.1, -0.05) is 66.7 Å². The number of benzene rings is 3. The minimum Gasteiger partial charge on any atom is -0.480 e. The van der Waals surface area contributed by atoms with Gasteiger partial charge in [0.2, 0.25) is 17.7 Å². The van der Waals surface area contributed by atoms with Crippen LogP contribution in [0.4, 0.5) is 0 Å². The summed E-state index contributed by atoms with van der Waals surface area (Å²) in [5.74, 6) is -2.99. The number of hydrogen-bond acceptors (Lipinski definition) is 5. The molecule has 0 aliphatic carbocycles. The normalized spacial score (nSPS) is 13.9. The Kier molecular flexibility index (Phi) is 9.59. The zero-order valence-electron chi connectivity index (χ0n) is 24.7. The molecule has 11 heteroatoms. The first kappa shape index (κ1) is 31.0. The molecule has 2 aromatic heterocycles. The summed E-state index contributed by atoms with van der Waals surface area (Å²) in [6.45, 7) is 1.46. The number of fused-ring (bicyclic) bond motifs is 2. The van der Waals surface area contributed by atoms with E-state index in [0.29, 0.717) is 0 Å². The summed E-state index contributed by atoms with van der Waals surface area (Å²) in [6.07, 6.45) is 4.04. The third-order valence-corrected chi connectivity index (χ3v) is 7.83. The standard InChI is InChI=1S/C34H36N6O5/c1-20(31(41)40-30(34(44)45)15-21-9-3-2-4-10-21)38-33(43)29(17-23-19-37-28-14-8-6-12-25(23)28)39-32(42)26(35)16-22-18-36-27-13-7-5-11-24(22)27/h2-14,18-20,26,29-30,36-37H,15-17,35H2,1H3,(H,38,43)(H,39,42)(H,40,41)(H,44,45). The quantitative estimate of drug-likeness (QED) is 0.108. The maximum absolute atomic E-state index is 13.6. The van der Waals surface area contributed by atoms with E-state index in [1.54, 1.807) is 30.5 Å². The van der Waals surface area contributed by atoms with Gasteiger partial charge in [0.05, 0.1) is 6.04 Å². The number of amides is 3. The number of nitrogens with two attached hydrogens (primary N) is 1. The lowest BCUT2D eigenvalue weighted by atomic mass is 10.0. The largest absolute Gasteiger partial charge is 0.480 e. The molecule has 232 valence electrons. The fourth-order valence-corrected chi connectivity index (χ4v) is 5.36. The second kappa shape index (κ2) is 13.9. The molecule has 5 rings (SSSR count). The lowest BCUT2D eigenvalue weighted by Crippen LogP contribution is -2.57. The van der Waals surface area contributed by atoms with Gasteiger partial charge in [-0.25, -0.2) is 4.79 Å². The number of aromatic nitrogens is 2. The number of aliphatic carboxylic acids is 1. The van der Waals surface area contributed by atoms with Crippen molar-refractivity contribution in [2.24, 2.45) is 5.73 Å². The molecule has 0 aliphatic rings. The van der Waals surface area contributed by atoms with Gasteiger partial charge >= 0.3 is 5.97 Å². The average Bonchev–Trinajstić information content (AvgIpc) is 3.64. The maximum Gasteiger partial charge on any atom is 0.326 e. The van der Waals surface area contributed by atoms with Crippen molar-refractivity contribution in [2.75, 3.05) is 0 Å². The van der Waals surface area contributed by atoms with E-state index in [-0.39, 0.29) is 19.3 Å². The van der Waals surface area contributed by atoms with Crippen molar-refractivity contribution < 1.29 is 24.3 Å². The Labute approximate surface area is 259 Å². The molecule has 0 aliphatic heterocycles. The Bertz CT molecular complexity index is 1810. The van der Waals surface area contributed by atoms with Gasteiger partial charge < -0.3 is 36.8 Å². The van der Waals surface area contributed by atoms with Gasteiger partial charge in [-0.2, -0.15) is 0 Å². The SMILES string of the molecule is CC(NC(=O)C(Cc1c[nH]c2ccccc12)NC(=O)C(N)Cc1c[nH]c2ccccc12)C(=O)NC(Cc1ccccc1)C(=O)O. The molecule has 8 N–H and O–H groups in total. The van der Waals surface area contributed by atoms with Crippen LogP contribution in [0.1, 0.15) is 23.6 Å². The number of carboxylic acids is 1. The number of nitrogens with one attached hydrogen (secondary N) is 5. The first-order valence-corrected chi connectivity index (χ1v) is 14.7. The lowest BCUT2D eigenvalue weighted by molar-refractivity contribution is -0.142. The monoisotopic (exact) mass is 608 g/mol. The molecule has 0 saturated heterocycles. The molecule has 0 radical (unpaired) electrons. The summed E-state index contributed by atoms with van der Waals surface area (Å²) in [4.78, 5) is 58.2. The molecule has 4 unspecified atom stereocenters. The third kappa shape index (κ3) is 7.57. The van der Waals surface area contributed by atoms with E-state index in [1.807, 2.05) is 60.8 Å². The predicted octanol–water partition coefficient (Wildman–Crippen LogP) is 2.56. The van der Waals surface area contributed by atoms with Crippen molar-refractivity contribution in [3.8, 4) is 0 Å². The van der Waals surface area contributed by atoms with E-state index in [0.717, 1.165) is 38.5 Å². The maximum atomic E-state index is 13.6. The van der Waals surface area contributed by atoms with E-state index in [4.69, 9.17) is 5.73 Å². The zero-order valence-corrected chi connectivity index (χ0v) is 24.7. The fraction of sp³-hybridized carbons (Fsp3) is 0.235. The zero-order chi connectivity index (χ0) is 31.9. The van der Waals surface area contributed by atoms with Gasteiger partial charge in [0.1, 0.15) is 18.1 Å². The topological polar surface area (TPSA) is 182 Å². The van der Waals surface area contributed by atoms with Crippen molar-refractivity contribution in [3.05, 3.63) is 108 Å². The van der Waals surface area contributed by atoms with Crippen LogP contribution in [-0.4, -0.2) is 62.9 Å². The highest BCUT2D eigenvalue weighted by atomic mass is 16.4. The van der Waals surface area contributed by atoms with Gasteiger partial charge in [0.25, 0.3) is 0 Å². The first-order valence-electron chi connectivity index (χ1n) is 14.7. The van der Waals surface area contributed by atoms with E-state index < -0.39 is 47.9 Å². The lowest BCUT2D eigenvalue weighted by Gasteiger charge is -2.23. The Morgan fingerprint density at radius 2 is 1.20 bits per heavy atom. The Morgan fingerprint density at radius 3 is 1.80 bits per heavy atom. The van der Waals surface area contributed by atoms with Gasteiger partial charge in [-0.15, -0.1) is 0 Å². The van der Waals surface area contributed by atoms with Crippen molar-refractivity contribution >= 4 is 45.5 Å². The summed E-state index contributed by atoms with van der Waals surface area (Å²) in [6, 6.07) is 19.9. The number of carbonyl (C=O) groups excluding carboxylic acids is 3. The van der Waals surface area contributed by atoms with Gasteiger partial charge in [0, 0.05) is 47.0 Å². The molecule has 0 spiro atoms. The van der Waals surface area contributed by atoms with Crippen molar-refractivity contribution in [1.82, 2.24) is 25.9 Å². The molecular weight excluding hydrogens is 572 g/mol. The number of hydrogen-bond donors (Lipinski definition) is 7. The van der Waals surface area contributed by atoms with E-state index in [9.17, 15) is 24.3 Å². The van der Waals surface area contributed by atoms with Crippen LogP contribution in [0.2, 0.25) is 0 Å². The van der Waals surface area contributed by atoms with Crippen molar-refractivity contribution in [3.63, 3.8) is 0 Å². The van der Waals surface area contributed by atoms with Crippen LogP contribution in [0.3, 0.4) is 0 Å². The van der Waals surface area contributed by atoms with E-state index in [1.165, 1.54) is 6.92 Å². The highest BCUT2D eigenvalue weighted by Crippen LogP contribution is 2.21. The summed E-state index contributed by atoms with van der Waals surface area (Å²) >= 11 is 0. The number of carbonyl (C=O) groups is 4. The molecular formula is C34H36N6O5. The van der Waals surface area contributed by atoms with Crippen LogP contribution in [0.15, 0.2) is 91.3 Å². The first-order chi connectivity index (χ1) is 21.7. The minimum atomic E-state index is -1.20. The second-order valence-corrected chi connectivity index (χ2v) is 11.1. The molecule has 2 heterocycles. The van der Waals surface area contributed by atoms with E-state index >= 15 is 0 Å². The minimum absolute atomic E-state index is 0.0795. The molecule has 4 atom stereocenters. The van der Waals surface area contributed by atoms with Crippen LogP contribution in [0, 0.1) is 0 Å². The molecule has 0 saturated carbocycles. The van der Waals surface area contributed by atoms with Crippen molar-refractivity contribution in [1.29, 1.82) is 0 Å². The molecule has 3 aromatic carbocycles. The average molecular weight is 609 g/mol. The number of carboxylic acid groups (broad SMARTS) is 1. The van der Waals surface area contributed by atoms with Crippen LogP contribution in [0.5, 0.6) is 0 Å². The molecule has 45 heavy (non-hydrogen) atoms. The predicted molar refractivity (Wildman–Crippen MR) is 171 cm³/mol. The highest BCUT2D eigenvalue weighted by molar-refractivity contribution is 5.95. The van der Waals surface area contributed by atoms with Gasteiger partial charge in [0.15, 0.2) is 0 Å². The Balaban J connectivity index is 1.29. The van der Waals surface area contributed by atoms with E-state index in [2.05, 4.69) is 25.9 Å². The molecule has 0 fully saturated rings. The van der Waals surface area contributed by atoms with Crippen LogP contribution in [-0.2, 0) is 38.4 Å². The molecule has 0 bridgehead atoms. The fourth-order valence-electron chi connectivity index (χ4n) is 5.36. The summed E-state index contributed by atoms with van der Waals surface area (Å²) < 4.78 is 0. The summed E-state index contributed by atoms with van der Waals surface area (Å²) in [5, 5.41) is 19.5. The number of para-hydroxylation sites is 2. The molecule has 3 amide bonds. The molecule has 11 nitrogen and oxygen atoms in total.